The molecule has 0 aliphatic rings. The van der Waals surface area contributed by atoms with Crippen LogP contribution in [-0.2, 0) is 36.1 Å². The Kier molecular flexibility index (Phi) is 21.2. The number of nitrogens with one attached hydrogen (secondary N) is 2. The normalized spacial score (nSPS) is 13.8. The second-order valence-electron chi connectivity index (χ2n) is 12.2. The maximum Gasteiger partial charge on any atom is 0.315 e. The van der Waals surface area contributed by atoms with Crippen molar-refractivity contribution >= 4 is 45.6 Å². The van der Waals surface area contributed by atoms with Crippen LogP contribution in [0, 0.1) is 0 Å². The van der Waals surface area contributed by atoms with Gasteiger partial charge in [-0.1, -0.05) is 13.2 Å². The first-order valence-electron chi connectivity index (χ1n) is 15.1. The molecule has 0 bridgehead atoms. The highest BCUT2D eigenvalue weighted by molar-refractivity contribution is 6.89. The van der Waals surface area contributed by atoms with Gasteiger partial charge in [-0.25, -0.2) is 0 Å². The maximum atomic E-state index is 11.5. The Labute approximate surface area is 260 Å². The summed E-state index contributed by atoms with van der Waals surface area (Å²) in [5.41, 5.74) is 0. The standard InChI is InChI=1S/C28H60N2O8Si4/c1-11-27(31)29-17-13-24-39(4,5)36-41(8,9)38-42(10,26-16-21-35-23-22-34-20-15-19-33-3)37-40(6,7)25-14-18-30-28(32)12-2/h11-12H,1-2,13-26H2,3-10H3,(H,29,31)(H,30,32). The molecule has 0 aromatic heterocycles. The van der Waals surface area contributed by atoms with Gasteiger partial charge >= 0.3 is 17.1 Å². The molecule has 0 fully saturated rings. The van der Waals surface area contributed by atoms with Gasteiger partial charge in [0.2, 0.25) is 11.8 Å². The number of methoxy groups -OCH3 is 1. The number of carbonyl (C=O) groups excluding carboxylic acids is 2. The molecule has 0 aromatic rings. The van der Waals surface area contributed by atoms with Crippen molar-refractivity contribution in [3.63, 3.8) is 0 Å². The van der Waals surface area contributed by atoms with Gasteiger partial charge in [-0.2, -0.15) is 0 Å². The number of ether oxygens (including phenoxy) is 3. The van der Waals surface area contributed by atoms with Crippen LogP contribution >= 0.6 is 0 Å². The molecule has 0 aliphatic carbocycles. The van der Waals surface area contributed by atoms with Crippen molar-refractivity contribution in [3.05, 3.63) is 25.3 Å². The molecule has 42 heavy (non-hydrogen) atoms. The van der Waals surface area contributed by atoms with E-state index in [4.69, 9.17) is 26.6 Å². The van der Waals surface area contributed by atoms with E-state index in [-0.39, 0.29) is 11.8 Å². The molecule has 1 atom stereocenters. The monoisotopic (exact) mass is 664 g/mol. The molecule has 10 nitrogen and oxygen atoms in total. The van der Waals surface area contributed by atoms with Crippen LogP contribution in [0.4, 0.5) is 0 Å². The lowest BCUT2D eigenvalue weighted by atomic mass is 10.4. The molecule has 0 spiro atoms. The Balaban J connectivity index is 5.15. The van der Waals surface area contributed by atoms with Crippen molar-refractivity contribution < 1.29 is 36.1 Å². The van der Waals surface area contributed by atoms with Crippen LogP contribution < -0.4 is 10.6 Å². The number of hydrogen-bond donors (Lipinski definition) is 2. The van der Waals surface area contributed by atoms with Crippen molar-refractivity contribution in [1.82, 2.24) is 10.6 Å². The highest BCUT2D eigenvalue weighted by Crippen LogP contribution is 2.30. The summed E-state index contributed by atoms with van der Waals surface area (Å²) in [5.74, 6) is -0.307. The lowest BCUT2D eigenvalue weighted by molar-refractivity contribution is -0.117. The van der Waals surface area contributed by atoms with Gasteiger partial charge in [0.25, 0.3) is 0 Å². The van der Waals surface area contributed by atoms with Gasteiger partial charge in [0, 0.05) is 40.0 Å². The van der Waals surface area contributed by atoms with Gasteiger partial charge < -0.3 is 37.2 Å². The second-order valence-corrected chi connectivity index (χ2v) is 28.3. The van der Waals surface area contributed by atoms with E-state index < -0.39 is 33.8 Å². The van der Waals surface area contributed by atoms with Crippen molar-refractivity contribution in [2.75, 3.05) is 53.2 Å². The Morgan fingerprint density at radius 3 is 1.57 bits per heavy atom. The van der Waals surface area contributed by atoms with Crippen molar-refractivity contribution in [3.8, 4) is 0 Å². The molecule has 2 amide bonds. The summed E-state index contributed by atoms with van der Waals surface area (Å²) in [4.78, 5) is 23.0. The summed E-state index contributed by atoms with van der Waals surface area (Å²) < 4.78 is 37.2. The van der Waals surface area contributed by atoms with E-state index in [0.29, 0.717) is 46.1 Å². The summed E-state index contributed by atoms with van der Waals surface area (Å²) in [6.45, 7) is 26.6. The van der Waals surface area contributed by atoms with Gasteiger partial charge in [-0.05, 0) is 102 Å². The molecule has 14 heteroatoms. The van der Waals surface area contributed by atoms with E-state index in [1.807, 2.05) is 0 Å². The number of amides is 2. The third kappa shape index (κ3) is 22.6. The van der Waals surface area contributed by atoms with Crippen LogP contribution in [0.1, 0.15) is 25.7 Å². The van der Waals surface area contributed by atoms with Crippen LogP contribution in [0.2, 0.25) is 64.0 Å². The van der Waals surface area contributed by atoms with E-state index in [1.54, 1.807) is 7.11 Å². The van der Waals surface area contributed by atoms with Crippen LogP contribution in [0.15, 0.2) is 25.3 Å². The van der Waals surface area contributed by atoms with Crippen molar-refractivity contribution in [2.45, 2.75) is 89.6 Å². The average molecular weight is 665 g/mol. The molecule has 0 radical (unpaired) electrons. The van der Waals surface area contributed by atoms with Gasteiger partial charge in [0.15, 0.2) is 16.6 Å². The zero-order valence-corrected chi connectivity index (χ0v) is 31.7. The molecule has 0 rings (SSSR count). The highest BCUT2D eigenvalue weighted by atomic mass is 28.5. The number of hydrogen-bond acceptors (Lipinski definition) is 8. The van der Waals surface area contributed by atoms with Gasteiger partial charge in [0.1, 0.15) is 0 Å². The third-order valence-corrected chi connectivity index (χ3v) is 22.5. The van der Waals surface area contributed by atoms with Crippen LogP contribution in [0.25, 0.3) is 0 Å². The smallest absolute Gasteiger partial charge is 0.315 e. The zero-order chi connectivity index (χ0) is 32.1. The summed E-state index contributed by atoms with van der Waals surface area (Å²) in [6, 6.07) is 2.63. The molecule has 0 heterocycles. The van der Waals surface area contributed by atoms with Gasteiger partial charge in [0.05, 0.1) is 13.2 Å². The summed E-state index contributed by atoms with van der Waals surface area (Å²) in [5, 5.41) is 5.70. The van der Waals surface area contributed by atoms with E-state index >= 15 is 0 Å². The van der Waals surface area contributed by atoms with Crippen molar-refractivity contribution in [2.24, 2.45) is 0 Å². The molecule has 246 valence electrons. The lowest BCUT2D eigenvalue weighted by Crippen LogP contribution is -2.57. The lowest BCUT2D eigenvalue weighted by Gasteiger charge is -2.42. The van der Waals surface area contributed by atoms with Crippen LogP contribution in [0.3, 0.4) is 0 Å². The zero-order valence-electron chi connectivity index (χ0n) is 27.7. The molecule has 0 saturated heterocycles. The van der Waals surface area contributed by atoms with Crippen LogP contribution in [-0.4, -0.2) is 98.8 Å². The van der Waals surface area contributed by atoms with Gasteiger partial charge in [-0.3, -0.25) is 9.59 Å². The van der Waals surface area contributed by atoms with Crippen molar-refractivity contribution in [1.29, 1.82) is 0 Å². The van der Waals surface area contributed by atoms with E-state index in [9.17, 15) is 9.59 Å². The van der Waals surface area contributed by atoms with Gasteiger partial charge in [-0.15, -0.1) is 0 Å². The Bertz CT molecular complexity index is 802. The molecular formula is C28H60N2O8Si4. The quantitative estimate of drug-likeness (QED) is 0.0712. The first-order chi connectivity index (χ1) is 19.6. The van der Waals surface area contributed by atoms with E-state index in [2.05, 4.69) is 69.6 Å². The second kappa shape index (κ2) is 21.7. The number of carbonyl (C=O) groups is 2. The fourth-order valence-corrected chi connectivity index (χ4v) is 24.5. The maximum absolute atomic E-state index is 11.5. The summed E-state index contributed by atoms with van der Waals surface area (Å²) in [7, 11) is -7.63. The highest BCUT2D eigenvalue weighted by Gasteiger charge is 2.45. The minimum atomic E-state index is -2.63. The fourth-order valence-electron chi connectivity index (χ4n) is 4.73. The Morgan fingerprint density at radius 1 is 0.619 bits per heavy atom. The molecule has 0 saturated carbocycles. The first-order valence-corrected chi connectivity index (χ1v) is 26.7. The summed E-state index contributed by atoms with van der Waals surface area (Å²) in [6.07, 6.45) is 5.99. The van der Waals surface area contributed by atoms with E-state index in [1.165, 1.54) is 12.2 Å². The molecule has 0 aromatic carbocycles. The predicted octanol–water partition coefficient (Wildman–Crippen LogP) is 5.06. The topological polar surface area (TPSA) is 114 Å². The third-order valence-electron chi connectivity index (χ3n) is 6.29. The Hall–Kier alpha value is -0.952. The number of rotatable bonds is 27. The first kappa shape index (κ1) is 41.0. The summed E-state index contributed by atoms with van der Waals surface area (Å²) >= 11 is 0. The minimum Gasteiger partial charge on any atom is -0.436 e. The molecule has 0 aliphatic heterocycles. The SMILES string of the molecule is C=CC(=O)NCCC[Si](C)(C)O[Si](C)(C)O[Si](C)(CCCOCCOCCCOC)O[Si](C)(C)CCCNC(=O)C=C. The average Bonchev–Trinajstić information content (AvgIpc) is 2.88. The molecule has 1 unspecified atom stereocenters. The van der Waals surface area contributed by atoms with Crippen LogP contribution in [0.5, 0.6) is 0 Å². The minimum absolute atomic E-state index is 0.152. The fraction of sp³-hybridized carbons (Fsp3) is 0.786. The molecule has 2 N–H and O–H groups in total. The predicted molar refractivity (Wildman–Crippen MR) is 180 cm³/mol. The molecular weight excluding hydrogens is 605 g/mol. The van der Waals surface area contributed by atoms with E-state index in [0.717, 1.165) is 43.8 Å². The Morgan fingerprint density at radius 2 is 1.10 bits per heavy atom. The largest absolute Gasteiger partial charge is 0.436 e.